The van der Waals surface area contributed by atoms with Crippen LogP contribution >= 0.6 is 0 Å². The molecule has 4 nitrogen and oxygen atoms in total. The first kappa shape index (κ1) is 16.5. The largest absolute Gasteiger partial charge is 0.388 e. The topological polar surface area (TPSA) is 47.3 Å². The minimum atomic E-state index is -0.551. The van der Waals surface area contributed by atoms with Gasteiger partial charge in [-0.25, -0.2) is 0 Å². The lowest BCUT2D eigenvalue weighted by molar-refractivity contribution is -0.0881. The van der Waals surface area contributed by atoms with Crippen LogP contribution in [0.4, 0.5) is 0 Å². The van der Waals surface area contributed by atoms with Crippen molar-refractivity contribution in [3.63, 3.8) is 0 Å². The average Bonchev–Trinajstić information content (AvgIpc) is 2.74. The molecule has 1 aromatic rings. The average molecular weight is 294 g/mol. The van der Waals surface area contributed by atoms with E-state index in [0.717, 1.165) is 17.7 Å². The van der Waals surface area contributed by atoms with E-state index in [-0.39, 0.29) is 22.5 Å². The van der Waals surface area contributed by atoms with Gasteiger partial charge in [-0.2, -0.15) is 5.10 Å². The maximum absolute atomic E-state index is 11.0. The number of aromatic nitrogens is 2. The van der Waals surface area contributed by atoms with Gasteiger partial charge in [0.1, 0.15) is 0 Å². The summed E-state index contributed by atoms with van der Waals surface area (Å²) in [5.74, 6) is 0.0674. The molecule has 0 bridgehead atoms. The van der Waals surface area contributed by atoms with Gasteiger partial charge in [-0.15, -0.1) is 0 Å². The molecule has 0 amide bonds. The van der Waals surface area contributed by atoms with E-state index < -0.39 is 6.10 Å². The highest BCUT2D eigenvalue weighted by Gasteiger charge is 2.50. The molecule has 4 heteroatoms. The number of nitrogens with zero attached hydrogens (tertiary/aromatic N) is 2. The van der Waals surface area contributed by atoms with Crippen molar-refractivity contribution >= 4 is 0 Å². The zero-order valence-electron chi connectivity index (χ0n) is 14.7. The first-order valence-electron chi connectivity index (χ1n) is 7.76. The van der Waals surface area contributed by atoms with Crippen molar-refractivity contribution in [2.45, 2.75) is 77.6 Å². The summed E-state index contributed by atoms with van der Waals surface area (Å²) in [5.41, 5.74) is 1.28. The van der Waals surface area contributed by atoms with Crippen molar-refractivity contribution in [1.82, 2.24) is 9.78 Å². The number of aliphatic hydroxyl groups is 1. The molecule has 21 heavy (non-hydrogen) atoms. The predicted molar refractivity (Wildman–Crippen MR) is 84.2 cm³/mol. The van der Waals surface area contributed by atoms with Crippen molar-refractivity contribution < 1.29 is 9.84 Å². The van der Waals surface area contributed by atoms with Crippen LogP contribution in [0.1, 0.15) is 72.2 Å². The molecule has 0 saturated carbocycles. The van der Waals surface area contributed by atoms with Crippen molar-refractivity contribution in [1.29, 1.82) is 0 Å². The summed E-state index contributed by atoms with van der Waals surface area (Å²) in [6.45, 7) is 14.7. The molecular weight excluding hydrogens is 264 g/mol. The Bertz CT molecular complexity index is 523. The van der Waals surface area contributed by atoms with Crippen LogP contribution < -0.4 is 0 Å². The van der Waals surface area contributed by atoms with E-state index in [1.54, 1.807) is 4.68 Å². The number of aryl methyl sites for hydroxylation is 1. The van der Waals surface area contributed by atoms with E-state index in [1.807, 2.05) is 13.2 Å². The second kappa shape index (κ2) is 4.82. The normalized spacial score (nSPS) is 26.0. The van der Waals surface area contributed by atoms with Crippen LogP contribution in [0.2, 0.25) is 0 Å². The molecule has 120 valence electrons. The van der Waals surface area contributed by atoms with Crippen LogP contribution in [0.15, 0.2) is 6.20 Å². The van der Waals surface area contributed by atoms with Crippen LogP contribution in [-0.4, -0.2) is 26.1 Å². The number of hydrogen-bond acceptors (Lipinski definition) is 3. The van der Waals surface area contributed by atoms with E-state index in [1.165, 1.54) is 0 Å². The van der Waals surface area contributed by atoms with Gasteiger partial charge < -0.3 is 9.84 Å². The Morgan fingerprint density at radius 2 is 1.90 bits per heavy atom. The molecule has 2 heterocycles. The van der Waals surface area contributed by atoms with Crippen molar-refractivity contribution in [3.05, 3.63) is 17.5 Å². The zero-order chi connectivity index (χ0) is 16.2. The maximum atomic E-state index is 11.0. The van der Waals surface area contributed by atoms with Gasteiger partial charge in [0.2, 0.25) is 0 Å². The van der Waals surface area contributed by atoms with E-state index in [9.17, 15) is 5.11 Å². The summed E-state index contributed by atoms with van der Waals surface area (Å²) in [4.78, 5) is 0. The van der Waals surface area contributed by atoms with Crippen LogP contribution in [0.3, 0.4) is 0 Å². The lowest BCUT2D eigenvalue weighted by Gasteiger charge is -2.31. The second-order valence-corrected chi connectivity index (χ2v) is 8.58. The monoisotopic (exact) mass is 294 g/mol. The number of aliphatic hydroxyl groups excluding tert-OH is 1. The lowest BCUT2D eigenvalue weighted by Crippen LogP contribution is -2.33. The van der Waals surface area contributed by atoms with Crippen molar-refractivity contribution in [3.8, 4) is 0 Å². The third-order valence-corrected chi connectivity index (χ3v) is 4.41. The molecule has 1 fully saturated rings. The summed E-state index contributed by atoms with van der Waals surface area (Å²) in [6, 6.07) is 0. The summed E-state index contributed by atoms with van der Waals surface area (Å²) < 4.78 is 7.94. The molecule has 2 unspecified atom stereocenters. The summed E-state index contributed by atoms with van der Waals surface area (Å²) in [7, 11) is 1.91. The fourth-order valence-corrected chi connectivity index (χ4v) is 3.62. The number of rotatable bonds is 2. The molecule has 2 rings (SSSR count). The smallest absolute Gasteiger partial charge is 0.0880 e. The summed E-state index contributed by atoms with van der Waals surface area (Å²) in [5, 5.41) is 15.6. The van der Waals surface area contributed by atoms with Crippen molar-refractivity contribution in [2.24, 2.45) is 13.0 Å². The number of ether oxygens (including phenoxy) is 1. The van der Waals surface area contributed by atoms with Gasteiger partial charge in [0.25, 0.3) is 0 Å². The number of hydrogen-bond donors (Lipinski definition) is 1. The molecule has 1 N–H and O–H groups in total. The second-order valence-electron chi connectivity index (χ2n) is 8.58. The minimum absolute atomic E-state index is 0.0674. The maximum Gasteiger partial charge on any atom is 0.0880 e. The predicted octanol–water partition coefficient (Wildman–Crippen LogP) is 3.34. The Hall–Kier alpha value is -0.870. The Labute approximate surface area is 128 Å². The van der Waals surface area contributed by atoms with E-state index in [4.69, 9.17) is 4.74 Å². The summed E-state index contributed by atoms with van der Waals surface area (Å²) in [6.07, 6.45) is 2.25. The van der Waals surface area contributed by atoms with Gasteiger partial charge in [0.05, 0.1) is 23.0 Å². The molecular formula is C17H30N2O2. The van der Waals surface area contributed by atoms with Crippen molar-refractivity contribution in [2.75, 3.05) is 0 Å². The molecule has 0 aliphatic carbocycles. The first-order chi connectivity index (χ1) is 9.33. The quantitative estimate of drug-likeness (QED) is 0.910. The molecule has 0 radical (unpaired) electrons. The molecule has 1 saturated heterocycles. The van der Waals surface area contributed by atoms with E-state index >= 15 is 0 Å². The molecule has 1 aliphatic rings. The fraction of sp³-hybridized carbons (Fsp3) is 0.824. The third-order valence-electron chi connectivity index (χ3n) is 4.41. The van der Waals surface area contributed by atoms with Gasteiger partial charge in [0, 0.05) is 30.1 Å². The lowest BCUT2D eigenvalue weighted by atomic mass is 9.78. The highest BCUT2D eigenvalue weighted by Crippen LogP contribution is 2.48. The van der Waals surface area contributed by atoms with Gasteiger partial charge in [-0.3, -0.25) is 4.68 Å². The van der Waals surface area contributed by atoms with Crippen LogP contribution in [0.5, 0.6) is 0 Å². The summed E-state index contributed by atoms with van der Waals surface area (Å²) >= 11 is 0. The SMILES string of the molecule is Cn1cc(C(O)C2CC(C)(C)OC2(C)C)c(C(C)(C)C)n1. The third kappa shape index (κ3) is 3.16. The minimum Gasteiger partial charge on any atom is -0.388 e. The zero-order valence-corrected chi connectivity index (χ0v) is 14.7. The highest BCUT2D eigenvalue weighted by molar-refractivity contribution is 5.28. The Morgan fingerprint density at radius 3 is 2.33 bits per heavy atom. The van der Waals surface area contributed by atoms with E-state index in [0.29, 0.717) is 0 Å². The molecule has 2 atom stereocenters. The standard InChI is InChI=1S/C17H30N2O2/c1-15(2,3)14-11(10-19(8)18-14)13(20)12-9-16(4,5)21-17(12,6)7/h10,12-13,20H,9H2,1-8H3. The Balaban J connectivity index is 2.39. The fourth-order valence-electron chi connectivity index (χ4n) is 3.62. The molecule has 0 spiro atoms. The van der Waals surface area contributed by atoms with Crippen LogP contribution in [-0.2, 0) is 17.2 Å². The highest BCUT2D eigenvalue weighted by atomic mass is 16.5. The van der Waals surface area contributed by atoms with Crippen LogP contribution in [0, 0.1) is 5.92 Å². The Kier molecular flexibility index (Phi) is 3.78. The van der Waals surface area contributed by atoms with Crippen LogP contribution in [0.25, 0.3) is 0 Å². The molecule has 0 aromatic carbocycles. The Morgan fingerprint density at radius 1 is 1.33 bits per heavy atom. The van der Waals surface area contributed by atoms with Gasteiger partial charge >= 0.3 is 0 Å². The van der Waals surface area contributed by atoms with E-state index in [2.05, 4.69) is 53.6 Å². The van der Waals surface area contributed by atoms with Gasteiger partial charge in [-0.05, 0) is 34.1 Å². The first-order valence-corrected chi connectivity index (χ1v) is 7.76. The van der Waals surface area contributed by atoms with Gasteiger partial charge in [-0.1, -0.05) is 20.8 Å². The molecule has 1 aliphatic heterocycles. The molecule has 1 aromatic heterocycles. The van der Waals surface area contributed by atoms with Gasteiger partial charge in [0.15, 0.2) is 0 Å².